The van der Waals surface area contributed by atoms with Gasteiger partial charge in [0.25, 0.3) is 0 Å². The molecule has 0 bridgehead atoms. The number of carbonyl (C=O) groups excluding carboxylic acids is 2. The molecule has 0 saturated heterocycles. The Morgan fingerprint density at radius 2 is 0.658 bits per heavy atom. The molecule has 466 valence electrons. The standard InChI is InChI=1S/C69H132NO8P/c1-3-5-7-9-11-13-15-17-19-21-23-25-26-27-28-29-30-31-32-33-34-35-36-37-38-39-40-42-44-46-48-50-52-54-56-58-60-62-69(72)78-67(66-77-79(73,74)76-64-63-70)65-75-68(71)61-59-57-55-53-51-49-47-45-43-41-24-22-20-18-16-14-12-10-8-6-4-2/h15,17,21,23,26-27,67H,3-14,16,18-20,22,24-25,28-66,70H2,1-2H3,(H,73,74)/b17-15-,23-21-,27-26-. The van der Waals surface area contributed by atoms with Crippen molar-refractivity contribution in [3.63, 3.8) is 0 Å². The first-order valence-electron chi connectivity index (χ1n) is 34.5. The average Bonchev–Trinajstić information content (AvgIpc) is 3.44. The van der Waals surface area contributed by atoms with E-state index in [1.807, 2.05) is 0 Å². The molecule has 10 heteroatoms. The number of hydrogen-bond acceptors (Lipinski definition) is 8. The Hall–Kier alpha value is -1.77. The first-order valence-corrected chi connectivity index (χ1v) is 36.0. The van der Waals surface area contributed by atoms with Gasteiger partial charge in [-0.15, -0.1) is 0 Å². The number of phosphoric ester groups is 1. The molecule has 0 saturated carbocycles. The number of esters is 2. The van der Waals surface area contributed by atoms with Gasteiger partial charge in [-0.3, -0.25) is 18.6 Å². The molecule has 0 amide bonds. The number of ether oxygens (including phenoxy) is 2. The summed E-state index contributed by atoms with van der Waals surface area (Å²) in [5.74, 6) is -0.804. The second kappa shape index (κ2) is 65.4. The van der Waals surface area contributed by atoms with Crippen molar-refractivity contribution in [1.82, 2.24) is 0 Å². The van der Waals surface area contributed by atoms with Gasteiger partial charge >= 0.3 is 19.8 Å². The Morgan fingerprint density at radius 3 is 0.975 bits per heavy atom. The van der Waals surface area contributed by atoms with Crippen LogP contribution in [0.15, 0.2) is 36.5 Å². The number of phosphoric acid groups is 1. The van der Waals surface area contributed by atoms with Crippen molar-refractivity contribution in [2.24, 2.45) is 5.73 Å². The first kappa shape index (κ1) is 77.2. The zero-order chi connectivity index (χ0) is 57.3. The Bertz CT molecular complexity index is 1390. The van der Waals surface area contributed by atoms with Crippen molar-refractivity contribution in [2.45, 2.75) is 367 Å². The fourth-order valence-corrected chi connectivity index (χ4v) is 11.2. The molecule has 0 aliphatic heterocycles. The maximum atomic E-state index is 12.8. The predicted octanol–water partition coefficient (Wildman–Crippen LogP) is 22.3. The maximum absolute atomic E-state index is 12.8. The highest BCUT2D eigenvalue weighted by Gasteiger charge is 2.26. The summed E-state index contributed by atoms with van der Waals surface area (Å²) < 4.78 is 33.2. The minimum absolute atomic E-state index is 0.0566. The molecule has 79 heavy (non-hydrogen) atoms. The van der Waals surface area contributed by atoms with Gasteiger partial charge < -0.3 is 20.1 Å². The molecule has 0 fully saturated rings. The Morgan fingerprint density at radius 1 is 0.380 bits per heavy atom. The highest BCUT2D eigenvalue weighted by atomic mass is 31.2. The lowest BCUT2D eigenvalue weighted by Crippen LogP contribution is -2.29. The lowest BCUT2D eigenvalue weighted by molar-refractivity contribution is -0.161. The molecule has 0 aromatic carbocycles. The largest absolute Gasteiger partial charge is 0.472 e. The van der Waals surface area contributed by atoms with Gasteiger partial charge in [0, 0.05) is 19.4 Å². The molecular weight excluding hydrogens is 1000 g/mol. The smallest absolute Gasteiger partial charge is 0.462 e. The van der Waals surface area contributed by atoms with E-state index in [0.717, 1.165) is 44.9 Å². The average molecular weight is 1130 g/mol. The molecule has 0 aliphatic carbocycles. The monoisotopic (exact) mass is 1130 g/mol. The molecule has 0 radical (unpaired) electrons. The van der Waals surface area contributed by atoms with Crippen LogP contribution in [0.3, 0.4) is 0 Å². The first-order chi connectivity index (χ1) is 38.8. The van der Waals surface area contributed by atoms with Crippen molar-refractivity contribution < 1.29 is 37.6 Å². The molecule has 0 spiro atoms. The van der Waals surface area contributed by atoms with Crippen LogP contribution in [0.25, 0.3) is 0 Å². The van der Waals surface area contributed by atoms with Crippen LogP contribution in [0.4, 0.5) is 0 Å². The lowest BCUT2D eigenvalue weighted by Gasteiger charge is -2.19. The van der Waals surface area contributed by atoms with Crippen molar-refractivity contribution in [3.05, 3.63) is 36.5 Å². The second-order valence-corrected chi connectivity index (χ2v) is 24.9. The fraction of sp³-hybridized carbons (Fsp3) is 0.884. The summed E-state index contributed by atoms with van der Waals surface area (Å²) in [4.78, 5) is 35.3. The third kappa shape index (κ3) is 65.3. The van der Waals surface area contributed by atoms with E-state index in [2.05, 4.69) is 50.3 Å². The highest BCUT2D eigenvalue weighted by Crippen LogP contribution is 2.43. The number of hydrogen-bond donors (Lipinski definition) is 2. The minimum Gasteiger partial charge on any atom is -0.462 e. The van der Waals surface area contributed by atoms with Crippen molar-refractivity contribution in [3.8, 4) is 0 Å². The van der Waals surface area contributed by atoms with Crippen LogP contribution in [0.1, 0.15) is 361 Å². The van der Waals surface area contributed by atoms with Gasteiger partial charge in [-0.05, 0) is 51.4 Å². The Labute approximate surface area is 490 Å². The van der Waals surface area contributed by atoms with Crippen LogP contribution in [0, 0.1) is 0 Å². The molecule has 0 aliphatic rings. The highest BCUT2D eigenvalue weighted by molar-refractivity contribution is 7.47. The van der Waals surface area contributed by atoms with Gasteiger partial charge in [0.05, 0.1) is 13.2 Å². The van der Waals surface area contributed by atoms with E-state index in [4.69, 9.17) is 24.3 Å². The number of allylic oxidation sites excluding steroid dienone is 6. The van der Waals surface area contributed by atoms with Gasteiger partial charge in [0.15, 0.2) is 6.10 Å². The maximum Gasteiger partial charge on any atom is 0.472 e. The summed E-state index contributed by atoms with van der Waals surface area (Å²) in [6, 6.07) is 0. The van der Waals surface area contributed by atoms with Crippen molar-refractivity contribution >= 4 is 19.8 Å². The quantitative estimate of drug-likeness (QED) is 0.0264. The van der Waals surface area contributed by atoms with E-state index in [1.165, 1.54) is 283 Å². The summed E-state index contributed by atoms with van der Waals surface area (Å²) >= 11 is 0. The molecule has 2 atom stereocenters. The molecule has 3 N–H and O–H groups in total. The summed E-state index contributed by atoms with van der Waals surface area (Å²) in [5.41, 5.74) is 5.40. The van der Waals surface area contributed by atoms with E-state index in [0.29, 0.717) is 6.42 Å². The molecule has 0 aromatic heterocycles. The van der Waals surface area contributed by atoms with Gasteiger partial charge in [0.1, 0.15) is 6.61 Å². The predicted molar refractivity (Wildman–Crippen MR) is 340 cm³/mol. The molecule has 0 aromatic rings. The van der Waals surface area contributed by atoms with Crippen molar-refractivity contribution in [1.29, 1.82) is 0 Å². The van der Waals surface area contributed by atoms with E-state index in [9.17, 15) is 19.0 Å². The fourth-order valence-electron chi connectivity index (χ4n) is 10.4. The van der Waals surface area contributed by atoms with Crippen LogP contribution in [-0.4, -0.2) is 49.3 Å². The zero-order valence-corrected chi connectivity index (χ0v) is 53.3. The topological polar surface area (TPSA) is 134 Å². The van der Waals surface area contributed by atoms with Crippen LogP contribution in [0.5, 0.6) is 0 Å². The summed E-state index contributed by atoms with van der Waals surface area (Å²) in [6.07, 6.45) is 81.0. The van der Waals surface area contributed by atoms with Crippen LogP contribution >= 0.6 is 7.82 Å². The van der Waals surface area contributed by atoms with Gasteiger partial charge in [-0.1, -0.05) is 333 Å². The second-order valence-electron chi connectivity index (χ2n) is 23.4. The van der Waals surface area contributed by atoms with Crippen LogP contribution < -0.4 is 5.73 Å². The summed E-state index contributed by atoms with van der Waals surface area (Å²) in [5, 5.41) is 0. The van der Waals surface area contributed by atoms with Gasteiger partial charge in [-0.25, -0.2) is 4.57 Å². The summed E-state index contributed by atoms with van der Waals surface area (Å²) in [7, 11) is -4.39. The Kier molecular flexibility index (Phi) is 63.9. The van der Waals surface area contributed by atoms with Gasteiger partial charge in [-0.2, -0.15) is 0 Å². The molecule has 2 unspecified atom stereocenters. The minimum atomic E-state index is -4.39. The zero-order valence-electron chi connectivity index (χ0n) is 52.4. The van der Waals surface area contributed by atoms with E-state index >= 15 is 0 Å². The normalized spacial score (nSPS) is 13.1. The third-order valence-electron chi connectivity index (χ3n) is 15.5. The van der Waals surface area contributed by atoms with E-state index in [-0.39, 0.29) is 38.6 Å². The number of rotatable bonds is 66. The van der Waals surface area contributed by atoms with E-state index < -0.39 is 26.5 Å². The SMILES string of the molecule is CCCCCCC/C=C\C/C=C\C/C=C\CCCCCCCCCCCCCCCCCCCCCCCCC(=O)OC(COC(=O)CCCCCCCCCCCCCCCCCCCCCCC)COP(=O)(O)OCCN. The molecule has 0 rings (SSSR count). The van der Waals surface area contributed by atoms with E-state index in [1.54, 1.807) is 0 Å². The molecule has 9 nitrogen and oxygen atoms in total. The summed E-state index contributed by atoms with van der Waals surface area (Å²) in [6.45, 7) is 3.81. The molecular formula is C69H132NO8P. The third-order valence-corrected chi connectivity index (χ3v) is 16.5. The number of carbonyl (C=O) groups is 2. The number of nitrogens with two attached hydrogens (primary N) is 1. The lowest BCUT2D eigenvalue weighted by atomic mass is 10.0. The van der Waals surface area contributed by atoms with Crippen LogP contribution in [-0.2, 0) is 32.7 Å². The van der Waals surface area contributed by atoms with Gasteiger partial charge in [0.2, 0.25) is 0 Å². The number of unbranched alkanes of at least 4 members (excludes halogenated alkanes) is 47. The van der Waals surface area contributed by atoms with Crippen molar-refractivity contribution in [2.75, 3.05) is 26.4 Å². The van der Waals surface area contributed by atoms with Crippen LogP contribution in [0.2, 0.25) is 0 Å². The molecule has 0 heterocycles. The Balaban J connectivity index is 3.79.